The van der Waals surface area contributed by atoms with Crippen LogP contribution in [0.2, 0.25) is 0 Å². The highest BCUT2D eigenvalue weighted by molar-refractivity contribution is 5.56. The zero-order chi connectivity index (χ0) is 13.5. The van der Waals surface area contributed by atoms with Crippen molar-refractivity contribution in [2.75, 3.05) is 20.6 Å². The van der Waals surface area contributed by atoms with Crippen LogP contribution >= 0.6 is 0 Å². The molecule has 0 rings (SSSR count). The Morgan fingerprint density at radius 2 is 2.00 bits per heavy atom. The predicted octanol–water partition coefficient (Wildman–Crippen LogP) is -0.388. The number of nitrogens with zero attached hydrogens (tertiary/aromatic N) is 2. The topological polar surface area (TPSA) is 126 Å². The number of carbonyl (C=O) groups excluding carboxylic acids is 1. The van der Waals surface area contributed by atoms with Crippen molar-refractivity contribution in [1.82, 2.24) is 16.2 Å². The van der Waals surface area contributed by atoms with Crippen molar-refractivity contribution in [2.24, 2.45) is 5.29 Å². The highest BCUT2D eigenvalue weighted by Crippen LogP contribution is 1.98. The lowest BCUT2D eigenvalue weighted by Crippen LogP contribution is -2.35. The van der Waals surface area contributed by atoms with E-state index >= 15 is 0 Å². The number of hydrogen-bond acceptors (Lipinski definition) is 6. The molecule has 17 heavy (non-hydrogen) atoms. The molecule has 0 radical (unpaired) electrons. The van der Waals surface area contributed by atoms with Crippen molar-refractivity contribution in [3.8, 4) is 0 Å². The second kappa shape index (κ2) is 14.2. The molecule has 0 aromatic heterocycles. The fourth-order valence-corrected chi connectivity index (χ4v) is 0.912. The number of nitroso groups, excluding NO2 is 1. The zero-order valence-corrected chi connectivity index (χ0v) is 10.0. The van der Waals surface area contributed by atoms with Crippen LogP contribution in [0.5, 0.6) is 0 Å². The molecule has 3 N–H and O–H groups in total. The molecular weight excluding hydrogens is 230 g/mol. The first kappa shape index (κ1) is 17.6. The molecule has 0 aliphatic heterocycles. The van der Waals surface area contributed by atoms with Crippen LogP contribution in [0.25, 0.3) is 0 Å². The Morgan fingerprint density at radius 3 is 2.41 bits per heavy atom. The van der Waals surface area contributed by atoms with Crippen molar-refractivity contribution in [2.45, 2.75) is 25.3 Å². The van der Waals surface area contributed by atoms with E-state index in [1.807, 2.05) is 19.5 Å². The molecule has 0 saturated carbocycles. The smallest absolute Gasteiger partial charge is 0.158 e. The van der Waals surface area contributed by atoms with E-state index in [0.29, 0.717) is 32.1 Å². The minimum Gasteiger partial charge on any atom is -0.323 e. The maximum Gasteiger partial charge on any atom is 0.158 e. The standard InChI is InChI=1S/C6H12N4O4.C2H7N/c11-5-6(8-10(13)14)3-1-2-4-7-9-12;1-3-2/h5-6,8H,1-4H2,(H,7,12);3H,1-2H3. The van der Waals surface area contributed by atoms with Gasteiger partial charge in [-0.2, -0.15) is 0 Å². The number of aldehydes is 1. The number of nitro groups is 1. The lowest BCUT2D eigenvalue weighted by molar-refractivity contribution is -0.548. The number of carbonyl (C=O) groups is 1. The average molecular weight is 249 g/mol. The van der Waals surface area contributed by atoms with Crippen LogP contribution in [-0.4, -0.2) is 38.0 Å². The Balaban J connectivity index is 0. The fraction of sp³-hybridized carbons (Fsp3) is 0.875. The van der Waals surface area contributed by atoms with Crippen molar-refractivity contribution in [3.05, 3.63) is 15.0 Å². The Kier molecular flexibility index (Phi) is 14.7. The quantitative estimate of drug-likeness (QED) is 0.167. The summed E-state index contributed by atoms with van der Waals surface area (Å²) >= 11 is 0. The SMILES string of the molecule is CNC.O=CC(CCCCNN=O)N[N+](=O)[O-]. The Morgan fingerprint density at radius 1 is 1.41 bits per heavy atom. The van der Waals surface area contributed by atoms with Crippen molar-refractivity contribution < 1.29 is 9.83 Å². The first-order valence-corrected chi connectivity index (χ1v) is 5.11. The van der Waals surface area contributed by atoms with Gasteiger partial charge in [-0.1, -0.05) is 0 Å². The molecule has 100 valence electrons. The highest BCUT2D eigenvalue weighted by atomic mass is 16.7. The summed E-state index contributed by atoms with van der Waals surface area (Å²) in [5.41, 5.74) is 4.08. The van der Waals surface area contributed by atoms with E-state index < -0.39 is 11.1 Å². The van der Waals surface area contributed by atoms with Gasteiger partial charge in [0, 0.05) is 11.8 Å². The molecule has 9 heteroatoms. The Labute approximate surface area is 99.4 Å². The van der Waals surface area contributed by atoms with Gasteiger partial charge in [0.2, 0.25) is 0 Å². The third-order valence-corrected chi connectivity index (χ3v) is 1.55. The van der Waals surface area contributed by atoms with Gasteiger partial charge in [-0.25, -0.2) is 10.1 Å². The highest BCUT2D eigenvalue weighted by Gasteiger charge is 2.10. The Hall–Kier alpha value is -1.77. The summed E-state index contributed by atoms with van der Waals surface area (Å²) < 4.78 is 0. The van der Waals surface area contributed by atoms with Crippen molar-refractivity contribution >= 4 is 6.29 Å². The molecule has 9 nitrogen and oxygen atoms in total. The van der Waals surface area contributed by atoms with Crippen LogP contribution in [0.1, 0.15) is 19.3 Å². The van der Waals surface area contributed by atoms with Gasteiger partial charge >= 0.3 is 0 Å². The van der Waals surface area contributed by atoms with E-state index in [0.717, 1.165) is 0 Å². The maximum absolute atomic E-state index is 10.3. The van der Waals surface area contributed by atoms with Crippen LogP contribution in [0.4, 0.5) is 0 Å². The summed E-state index contributed by atoms with van der Waals surface area (Å²) in [6, 6.07) is -0.769. The van der Waals surface area contributed by atoms with Gasteiger partial charge < -0.3 is 10.1 Å². The molecule has 1 unspecified atom stereocenters. The third-order valence-electron chi connectivity index (χ3n) is 1.55. The molecule has 0 heterocycles. The molecule has 0 amide bonds. The molecule has 0 spiro atoms. The van der Waals surface area contributed by atoms with Gasteiger partial charge in [0.25, 0.3) is 0 Å². The van der Waals surface area contributed by atoms with Gasteiger partial charge in [0.15, 0.2) is 5.03 Å². The predicted molar refractivity (Wildman–Crippen MR) is 62.6 cm³/mol. The van der Waals surface area contributed by atoms with E-state index in [4.69, 9.17) is 0 Å². The summed E-state index contributed by atoms with van der Waals surface area (Å²) in [4.78, 5) is 29.9. The minimum atomic E-state index is -0.769. The molecule has 0 aliphatic rings. The molecule has 0 aromatic carbocycles. The number of hydrazine groups is 1. The van der Waals surface area contributed by atoms with E-state index in [2.05, 4.69) is 16.0 Å². The third kappa shape index (κ3) is 16.9. The summed E-state index contributed by atoms with van der Waals surface area (Å²) in [7, 11) is 3.75. The summed E-state index contributed by atoms with van der Waals surface area (Å²) in [5.74, 6) is 0. The lowest BCUT2D eigenvalue weighted by Gasteiger charge is -2.05. The van der Waals surface area contributed by atoms with Crippen LogP contribution in [0.15, 0.2) is 5.29 Å². The van der Waals surface area contributed by atoms with E-state index in [-0.39, 0.29) is 0 Å². The van der Waals surface area contributed by atoms with Crippen LogP contribution in [0.3, 0.4) is 0 Å². The van der Waals surface area contributed by atoms with Gasteiger partial charge in [-0.05, 0) is 33.4 Å². The molecule has 0 bridgehead atoms. The van der Waals surface area contributed by atoms with Crippen LogP contribution in [0, 0.1) is 15.0 Å². The summed E-state index contributed by atoms with van der Waals surface area (Å²) in [6.07, 6.45) is 2.10. The van der Waals surface area contributed by atoms with Gasteiger partial charge in [0.1, 0.15) is 12.3 Å². The van der Waals surface area contributed by atoms with Gasteiger partial charge in [-0.3, -0.25) is 5.43 Å². The lowest BCUT2D eigenvalue weighted by atomic mass is 10.1. The maximum atomic E-state index is 10.3. The van der Waals surface area contributed by atoms with E-state index in [9.17, 15) is 19.8 Å². The normalized spacial score (nSPS) is 10.5. The largest absolute Gasteiger partial charge is 0.323 e. The zero-order valence-electron chi connectivity index (χ0n) is 10.0. The number of unbranched alkanes of at least 4 members (excludes halogenated alkanes) is 1. The van der Waals surface area contributed by atoms with E-state index in [1.54, 1.807) is 0 Å². The first-order chi connectivity index (χ1) is 8.12. The Bertz CT molecular complexity index is 214. The molecule has 0 saturated heterocycles. The van der Waals surface area contributed by atoms with Crippen LogP contribution in [-0.2, 0) is 4.79 Å². The number of rotatable bonds is 9. The second-order valence-corrected chi connectivity index (χ2v) is 3.12. The van der Waals surface area contributed by atoms with Crippen LogP contribution < -0.4 is 16.2 Å². The average Bonchev–Trinajstić information content (AvgIpc) is 2.27. The van der Waals surface area contributed by atoms with Gasteiger partial charge in [0.05, 0.1) is 0 Å². The van der Waals surface area contributed by atoms with Gasteiger partial charge in [-0.15, -0.1) is 10.3 Å². The van der Waals surface area contributed by atoms with Crippen molar-refractivity contribution in [3.63, 3.8) is 0 Å². The number of hydrogen-bond donors (Lipinski definition) is 3. The fourth-order valence-electron chi connectivity index (χ4n) is 0.912. The monoisotopic (exact) mass is 249 g/mol. The van der Waals surface area contributed by atoms with E-state index in [1.165, 1.54) is 0 Å². The molecule has 0 aliphatic carbocycles. The molecule has 1 atom stereocenters. The molecular formula is C8H19N5O4. The second-order valence-electron chi connectivity index (χ2n) is 3.12. The molecule has 0 fully saturated rings. The van der Waals surface area contributed by atoms with Crippen molar-refractivity contribution in [1.29, 1.82) is 0 Å². The summed E-state index contributed by atoms with van der Waals surface area (Å²) in [5, 5.41) is 14.4. The first-order valence-electron chi connectivity index (χ1n) is 5.11. The molecule has 0 aromatic rings. The minimum absolute atomic E-state index is 0.366. The summed E-state index contributed by atoms with van der Waals surface area (Å²) in [6.45, 7) is 0.410. The number of nitrogens with one attached hydrogen (secondary N) is 3.